The van der Waals surface area contributed by atoms with E-state index in [2.05, 4.69) is 40.3 Å². The number of halogens is 1. The zero-order valence-electron chi connectivity index (χ0n) is 13.0. The lowest BCUT2D eigenvalue weighted by Gasteiger charge is -2.30. The second kappa shape index (κ2) is 7.15. The summed E-state index contributed by atoms with van der Waals surface area (Å²) in [7, 11) is 0. The molecule has 0 bridgehead atoms. The number of ether oxygens (including phenoxy) is 1. The third-order valence-electron chi connectivity index (χ3n) is 4.82. The van der Waals surface area contributed by atoms with Crippen molar-refractivity contribution in [3.8, 4) is 5.75 Å². The van der Waals surface area contributed by atoms with Crippen molar-refractivity contribution in [1.29, 1.82) is 0 Å². The Bertz CT molecular complexity index is 484. The van der Waals surface area contributed by atoms with Crippen molar-refractivity contribution in [2.45, 2.75) is 57.9 Å². The monoisotopic (exact) mass is 351 g/mol. The molecule has 3 rings (SSSR count). The fourth-order valence-electron chi connectivity index (χ4n) is 3.48. The largest absolute Gasteiger partial charge is 0.493 e. The molecule has 0 spiro atoms. The molecule has 1 fully saturated rings. The zero-order valence-corrected chi connectivity index (χ0v) is 14.5. The summed E-state index contributed by atoms with van der Waals surface area (Å²) >= 11 is 3.66. The molecule has 1 aromatic carbocycles. The SMILES string of the molecule is CCCNC(Cc1cc(Br)cc2c1OCC2)CC1CCC1. The van der Waals surface area contributed by atoms with Crippen molar-refractivity contribution in [1.82, 2.24) is 5.32 Å². The first kappa shape index (κ1) is 15.4. The number of nitrogens with one attached hydrogen (secondary N) is 1. The lowest BCUT2D eigenvalue weighted by atomic mass is 9.79. The maximum atomic E-state index is 5.89. The van der Waals surface area contributed by atoms with Crippen molar-refractivity contribution in [3.05, 3.63) is 27.7 Å². The van der Waals surface area contributed by atoms with Gasteiger partial charge in [0.05, 0.1) is 6.61 Å². The Hall–Kier alpha value is -0.540. The molecular weight excluding hydrogens is 326 g/mol. The highest BCUT2D eigenvalue weighted by atomic mass is 79.9. The third kappa shape index (κ3) is 3.81. The molecule has 1 aromatic rings. The molecule has 1 saturated carbocycles. The van der Waals surface area contributed by atoms with E-state index < -0.39 is 0 Å². The smallest absolute Gasteiger partial charge is 0.125 e. The molecular formula is C18H26BrNO. The van der Waals surface area contributed by atoms with Crippen LogP contribution >= 0.6 is 15.9 Å². The van der Waals surface area contributed by atoms with Crippen molar-refractivity contribution in [2.75, 3.05) is 13.2 Å². The summed E-state index contributed by atoms with van der Waals surface area (Å²) in [5.41, 5.74) is 2.75. The lowest BCUT2D eigenvalue weighted by Crippen LogP contribution is -2.35. The summed E-state index contributed by atoms with van der Waals surface area (Å²) < 4.78 is 7.08. The summed E-state index contributed by atoms with van der Waals surface area (Å²) in [5, 5.41) is 3.76. The van der Waals surface area contributed by atoms with Crippen LogP contribution < -0.4 is 10.1 Å². The molecule has 0 saturated heterocycles. The Balaban J connectivity index is 1.71. The van der Waals surface area contributed by atoms with Gasteiger partial charge in [-0.2, -0.15) is 0 Å². The fourth-order valence-corrected chi connectivity index (χ4v) is 4.03. The van der Waals surface area contributed by atoms with Gasteiger partial charge in [-0.3, -0.25) is 0 Å². The Morgan fingerprint density at radius 2 is 2.24 bits per heavy atom. The second-order valence-corrected chi connectivity index (χ2v) is 7.46. The van der Waals surface area contributed by atoms with E-state index in [1.807, 2.05) is 0 Å². The molecule has 1 unspecified atom stereocenters. The first-order valence-corrected chi connectivity index (χ1v) is 9.23. The van der Waals surface area contributed by atoms with Gasteiger partial charge in [-0.15, -0.1) is 0 Å². The number of fused-ring (bicyclic) bond motifs is 1. The number of hydrogen-bond donors (Lipinski definition) is 1. The Morgan fingerprint density at radius 1 is 1.38 bits per heavy atom. The van der Waals surface area contributed by atoms with E-state index in [9.17, 15) is 0 Å². The summed E-state index contributed by atoms with van der Waals surface area (Å²) in [4.78, 5) is 0. The van der Waals surface area contributed by atoms with Crippen LogP contribution in [0.15, 0.2) is 16.6 Å². The van der Waals surface area contributed by atoms with E-state index in [1.54, 1.807) is 0 Å². The first-order valence-electron chi connectivity index (χ1n) is 8.43. The minimum Gasteiger partial charge on any atom is -0.493 e. The normalized spacial score (nSPS) is 19.0. The van der Waals surface area contributed by atoms with Gasteiger partial charge >= 0.3 is 0 Å². The van der Waals surface area contributed by atoms with Crippen LogP contribution in [0.4, 0.5) is 0 Å². The van der Waals surface area contributed by atoms with Crippen molar-refractivity contribution in [2.24, 2.45) is 5.92 Å². The van der Waals surface area contributed by atoms with Crippen LogP contribution in [-0.4, -0.2) is 19.2 Å². The predicted octanol–water partition coefficient (Wildman–Crippen LogP) is 4.48. The van der Waals surface area contributed by atoms with Crippen molar-refractivity contribution < 1.29 is 4.74 Å². The molecule has 0 radical (unpaired) electrons. The Labute approximate surface area is 136 Å². The van der Waals surface area contributed by atoms with E-state index in [-0.39, 0.29) is 0 Å². The van der Waals surface area contributed by atoms with Gasteiger partial charge in [-0.05, 0) is 55.0 Å². The summed E-state index contributed by atoms with van der Waals surface area (Å²) in [5.74, 6) is 2.11. The molecule has 3 heteroatoms. The Morgan fingerprint density at radius 3 is 2.95 bits per heavy atom. The maximum absolute atomic E-state index is 5.89. The highest BCUT2D eigenvalue weighted by Crippen LogP contribution is 2.36. The van der Waals surface area contributed by atoms with Gasteiger partial charge in [0.1, 0.15) is 5.75 Å². The molecule has 0 amide bonds. The molecule has 1 N–H and O–H groups in total. The van der Waals surface area contributed by atoms with Crippen LogP contribution in [0, 0.1) is 5.92 Å². The predicted molar refractivity (Wildman–Crippen MR) is 91.1 cm³/mol. The van der Waals surface area contributed by atoms with E-state index in [0.29, 0.717) is 6.04 Å². The van der Waals surface area contributed by atoms with Gasteiger partial charge in [-0.1, -0.05) is 42.1 Å². The quantitative estimate of drug-likeness (QED) is 0.781. The zero-order chi connectivity index (χ0) is 14.7. The second-order valence-electron chi connectivity index (χ2n) is 6.54. The molecule has 2 aliphatic rings. The molecule has 1 atom stereocenters. The molecule has 116 valence electrons. The van der Waals surface area contributed by atoms with E-state index in [0.717, 1.165) is 37.7 Å². The van der Waals surface area contributed by atoms with Crippen molar-refractivity contribution >= 4 is 15.9 Å². The van der Waals surface area contributed by atoms with Crippen LogP contribution in [0.3, 0.4) is 0 Å². The maximum Gasteiger partial charge on any atom is 0.125 e. The van der Waals surface area contributed by atoms with Crippen molar-refractivity contribution in [3.63, 3.8) is 0 Å². The lowest BCUT2D eigenvalue weighted by molar-refractivity contribution is 0.258. The minimum atomic E-state index is 0.595. The highest BCUT2D eigenvalue weighted by Gasteiger charge is 2.24. The summed E-state index contributed by atoms with van der Waals surface area (Å²) in [6, 6.07) is 5.07. The molecule has 0 aromatic heterocycles. The molecule has 1 aliphatic heterocycles. The van der Waals surface area contributed by atoms with Crippen LogP contribution in [-0.2, 0) is 12.8 Å². The molecule has 1 aliphatic carbocycles. The summed E-state index contributed by atoms with van der Waals surface area (Å²) in [6.07, 6.45) is 8.96. The van der Waals surface area contributed by atoms with Crippen LogP contribution in [0.25, 0.3) is 0 Å². The van der Waals surface area contributed by atoms with Gasteiger partial charge < -0.3 is 10.1 Å². The van der Waals surface area contributed by atoms with E-state index in [4.69, 9.17) is 4.74 Å². The third-order valence-corrected chi connectivity index (χ3v) is 5.28. The van der Waals surface area contributed by atoms with E-state index in [1.165, 1.54) is 47.7 Å². The van der Waals surface area contributed by atoms with Gasteiger partial charge in [0, 0.05) is 16.9 Å². The van der Waals surface area contributed by atoms with Crippen LogP contribution in [0.1, 0.15) is 50.2 Å². The standard InChI is InChI=1S/C18H26BrNO/c1-2-7-20-17(9-13-4-3-5-13)12-15-11-16(19)10-14-6-8-21-18(14)15/h10-11,13,17,20H,2-9,12H2,1H3. The molecule has 2 nitrogen and oxygen atoms in total. The van der Waals surface area contributed by atoms with Crippen LogP contribution in [0.5, 0.6) is 5.75 Å². The average Bonchev–Trinajstić information content (AvgIpc) is 2.87. The fraction of sp³-hybridized carbons (Fsp3) is 0.667. The van der Waals surface area contributed by atoms with Gasteiger partial charge in [-0.25, -0.2) is 0 Å². The summed E-state index contributed by atoms with van der Waals surface area (Å²) in [6.45, 7) is 4.20. The number of rotatable bonds is 7. The number of benzene rings is 1. The average molecular weight is 352 g/mol. The minimum absolute atomic E-state index is 0.595. The first-order chi connectivity index (χ1) is 10.3. The van der Waals surface area contributed by atoms with Gasteiger partial charge in [0.25, 0.3) is 0 Å². The van der Waals surface area contributed by atoms with Crippen LogP contribution in [0.2, 0.25) is 0 Å². The highest BCUT2D eigenvalue weighted by molar-refractivity contribution is 9.10. The molecule has 21 heavy (non-hydrogen) atoms. The number of hydrogen-bond acceptors (Lipinski definition) is 2. The molecule has 1 heterocycles. The van der Waals surface area contributed by atoms with Gasteiger partial charge in [0.2, 0.25) is 0 Å². The van der Waals surface area contributed by atoms with E-state index >= 15 is 0 Å². The topological polar surface area (TPSA) is 21.3 Å². The van der Waals surface area contributed by atoms with Gasteiger partial charge in [0.15, 0.2) is 0 Å². The Kier molecular flexibility index (Phi) is 5.23.